The first-order valence-electron chi connectivity index (χ1n) is 5.78. The summed E-state index contributed by atoms with van der Waals surface area (Å²) in [6.07, 6.45) is 6.43. The Morgan fingerprint density at radius 2 is 2.00 bits per heavy atom. The van der Waals surface area contributed by atoms with Crippen LogP contribution in [0.4, 0.5) is 0 Å². The Morgan fingerprint density at radius 3 is 2.75 bits per heavy atom. The fraction of sp³-hybridized carbons (Fsp3) is 0.333. The average Bonchev–Trinajstić information content (AvgIpc) is 2.42. The summed E-state index contributed by atoms with van der Waals surface area (Å²) in [6, 6.07) is 8.51. The van der Waals surface area contributed by atoms with Crippen LogP contribution >= 0.6 is 11.6 Å². The normalized spacial score (nSPS) is 21.1. The molecule has 0 saturated carbocycles. The maximum absolute atomic E-state index is 6.58. The quantitative estimate of drug-likeness (QED) is 0.610. The molecule has 1 heteroatoms. The Labute approximate surface area is 103 Å². The third-order valence-corrected chi connectivity index (χ3v) is 3.68. The third-order valence-electron chi connectivity index (χ3n) is 3.21. The number of alkyl halides is 1. The summed E-state index contributed by atoms with van der Waals surface area (Å²) < 4.78 is 0. The van der Waals surface area contributed by atoms with Gasteiger partial charge < -0.3 is 0 Å². The number of rotatable bonds is 1. The van der Waals surface area contributed by atoms with Gasteiger partial charge in [0.15, 0.2) is 0 Å². The molecule has 0 bridgehead atoms. The van der Waals surface area contributed by atoms with Gasteiger partial charge >= 0.3 is 0 Å². The predicted molar refractivity (Wildman–Crippen MR) is 70.9 cm³/mol. The Morgan fingerprint density at radius 1 is 1.25 bits per heavy atom. The van der Waals surface area contributed by atoms with Gasteiger partial charge in [-0.05, 0) is 43.4 Å². The van der Waals surface area contributed by atoms with Crippen molar-refractivity contribution in [3.8, 4) is 0 Å². The molecular formula is C15H17Cl. The van der Waals surface area contributed by atoms with Crippen molar-refractivity contribution in [3.05, 3.63) is 58.7 Å². The van der Waals surface area contributed by atoms with Gasteiger partial charge in [0.05, 0.1) is 5.38 Å². The molecule has 1 aromatic rings. The van der Waals surface area contributed by atoms with E-state index in [9.17, 15) is 0 Å². The van der Waals surface area contributed by atoms with Crippen LogP contribution in [-0.2, 0) is 6.42 Å². The standard InChI is InChI=1S/C15H17Cl/c1-3-6-13-11(2)9-10-12-7-4-5-8-14(12)15(13)16/h3-8,15H,9-10H2,1-2H3/b6-3-. The van der Waals surface area contributed by atoms with E-state index in [1.165, 1.54) is 22.3 Å². The average molecular weight is 233 g/mol. The highest BCUT2D eigenvalue weighted by Crippen LogP contribution is 2.37. The highest BCUT2D eigenvalue weighted by Gasteiger charge is 2.20. The Kier molecular flexibility index (Phi) is 3.50. The molecule has 1 atom stereocenters. The molecule has 0 nitrogen and oxygen atoms in total. The molecule has 1 aromatic carbocycles. The number of benzene rings is 1. The second-order valence-electron chi connectivity index (χ2n) is 4.30. The number of hydrogen-bond donors (Lipinski definition) is 0. The van der Waals surface area contributed by atoms with Gasteiger partial charge in [-0.1, -0.05) is 42.0 Å². The zero-order valence-electron chi connectivity index (χ0n) is 9.83. The summed E-state index contributed by atoms with van der Waals surface area (Å²) in [4.78, 5) is 0. The lowest BCUT2D eigenvalue weighted by Gasteiger charge is -2.13. The topological polar surface area (TPSA) is 0 Å². The Balaban J connectivity index is 2.49. The predicted octanol–water partition coefficient (Wildman–Crippen LogP) is 4.81. The van der Waals surface area contributed by atoms with Gasteiger partial charge in [0.2, 0.25) is 0 Å². The van der Waals surface area contributed by atoms with E-state index in [1.807, 2.05) is 6.92 Å². The van der Waals surface area contributed by atoms with Crippen molar-refractivity contribution in [3.63, 3.8) is 0 Å². The molecule has 2 rings (SSSR count). The largest absolute Gasteiger partial charge is 0.113 e. The first-order valence-corrected chi connectivity index (χ1v) is 6.22. The van der Waals surface area contributed by atoms with Gasteiger partial charge in [-0.2, -0.15) is 0 Å². The summed E-state index contributed by atoms with van der Waals surface area (Å²) in [5.41, 5.74) is 5.35. The van der Waals surface area contributed by atoms with Crippen LogP contribution in [0, 0.1) is 0 Å². The number of hydrogen-bond acceptors (Lipinski definition) is 0. The van der Waals surface area contributed by atoms with Crippen LogP contribution in [0.3, 0.4) is 0 Å². The molecule has 1 aliphatic carbocycles. The number of halogens is 1. The van der Waals surface area contributed by atoms with Gasteiger partial charge in [-0.3, -0.25) is 0 Å². The van der Waals surface area contributed by atoms with Crippen molar-refractivity contribution in [2.75, 3.05) is 0 Å². The Hall–Kier alpha value is -1.01. The summed E-state index contributed by atoms with van der Waals surface area (Å²) in [5, 5.41) is 0.00917. The van der Waals surface area contributed by atoms with Gasteiger partial charge in [0, 0.05) is 0 Å². The molecule has 0 radical (unpaired) electrons. The van der Waals surface area contributed by atoms with Crippen molar-refractivity contribution in [2.24, 2.45) is 0 Å². The molecule has 1 unspecified atom stereocenters. The van der Waals surface area contributed by atoms with Crippen molar-refractivity contribution < 1.29 is 0 Å². The van der Waals surface area contributed by atoms with E-state index in [-0.39, 0.29) is 5.38 Å². The lowest BCUT2D eigenvalue weighted by Crippen LogP contribution is -1.96. The van der Waals surface area contributed by atoms with E-state index in [1.54, 1.807) is 0 Å². The van der Waals surface area contributed by atoms with Gasteiger partial charge in [0.25, 0.3) is 0 Å². The van der Waals surface area contributed by atoms with Crippen LogP contribution in [0.15, 0.2) is 47.6 Å². The molecule has 16 heavy (non-hydrogen) atoms. The molecule has 0 amide bonds. The zero-order valence-corrected chi connectivity index (χ0v) is 10.6. The van der Waals surface area contributed by atoms with Gasteiger partial charge in [-0.15, -0.1) is 11.6 Å². The van der Waals surface area contributed by atoms with E-state index >= 15 is 0 Å². The highest BCUT2D eigenvalue weighted by molar-refractivity contribution is 6.23. The SMILES string of the molecule is C/C=C\C1=C(C)CCc2ccccc2C1Cl. The molecule has 0 saturated heterocycles. The summed E-state index contributed by atoms with van der Waals surface area (Å²) in [7, 11) is 0. The summed E-state index contributed by atoms with van der Waals surface area (Å²) >= 11 is 6.58. The molecule has 0 N–H and O–H groups in total. The molecule has 0 aromatic heterocycles. The van der Waals surface area contributed by atoms with E-state index in [2.05, 4.69) is 43.3 Å². The van der Waals surface area contributed by atoms with Crippen molar-refractivity contribution >= 4 is 11.6 Å². The molecule has 0 heterocycles. The smallest absolute Gasteiger partial charge is 0.0837 e. The van der Waals surface area contributed by atoms with E-state index in [4.69, 9.17) is 11.6 Å². The lowest BCUT2D eigenvalue weighted by atomic mass is 9.99. The second kappa shape index (κ2) is 4.88. The molecule has 0 spiro atoms. The number of fused-ring (bicyclic) bond motifs is 1. The van der Waals surface area contributed by atoms with Gasteiger partial charge in [0.1, 0.15) is 0 Å². The van der Waals surface area contributed by atoms with Crippen molar-refractivity contribution in [2.45, 2.75) is 32.1 Å². The van der Waals surface area contributed by atoms with Crippen molar-refractivity contribution in [1.82, 2.24) is 0 Å². The van der Waals surface area contributed by atoms with E-state index < -0.39 is 0 Å². The van der Waals surface area contributed by atoms with Crippen LogP contribution in [-0.4, -0.2) is 0 Å². The fourth-order valence-electron chi connectivity index (χ4n) is 2.27. The van der Waals surface area contributed by atoms with Crippen LogP contribution in [0.2, 0.25) is 0 Å². The molecular weight excluding hydrogens is 216 g/mol. The minimum atomic E-state index is 0.00917. The first kappa shape index (κ1) is 11.5. The number of allylic oxidation sites excluding steroid dienone is 4. The summed E-state index contributed by atoms with van der Waals surface area (Å²) in [6.45, 7) is 4.23. The van der Waals surface area contributed by atoms with Crippen molar-refractivity contribution in [1.29, 1.82) is 0 Å². The van der Waals surface area contributed by atoms with Crippen LogP contribution in [0.1, 0.15) is 36.8 Å². The van der Waals surface area contributed by atoms with Gasteiger partial charge in [-0.25, -0.2) is 0 Å². The first-order chi connectivity index (χ1) is 7.74. The molecule has 84 valence electrons. The minimum absolute atomic E-state index is 0.00917. The minimum Gasteiger partial charge on any atom is -0.113 e. The zero-order chi connectivity index (χ0) is 11.5. The van der Waals surface area contributed by atoms with Crippen LogP contribution in [0.25, 0.3) is 0 Å². The van der Waals surface area contributed by atoms with Crippen LogP contribution < -0.4 is 0 Å². The fourth-order valence-corrected chi connectivity index (χ4v) is 2.74. The maximum Gasteiger partial charge on any atom is 0.0837 e. The third kappa shape index (κ3) is 2.08. The Bertz CT molecular complexity index is 441. The molecule has 0 aliphatic heterocycles. The van der Waals surface area contributed by atoms with Crippen LogP contribution in [0.5, 0.6) is 0 Å². The molecule has 0 fully saturated rings. The second-order valence-corrected chi connectivity index (χ2v) is 4.73. The van der Waals surface area contributed by atoms with E-state index in [0.29, 0.717) is 0 Å². The number of aryl methyl sites for hydroxylation is 1. The molecule has 1 aliphatic rings. The maximum atomic E-state index is 6.58. The monoisotopic (exact) mass is 232 g/mol. The summed E-state index contributed by atoms with van der Waals surface area (Å²) in [5.74, 6) is 0. The lowest BCUT2D eigenvalue weighted by molar-refractivity contribution is 0.943. The highest BCUT2D eigenvalue weighted by atomic mass is 35.5. The van der Waals surface area contributed by atoms with E-state index in [0.717, 1.165) is 12.8 Å².